The van der Waals surface area contributed by atoms with Crippen LogP contribution >= 0.6 is 34.8 Å². The van der Waals surface area contributed by atoms with E-state index in [1.54, 1.807) is 36.4 Å². The monoisotopic (exact) mass is 376 g/mol. The van der Waals surface area contributed by atoms with Crippen LogP contribution in [0.2, 0.25) is 0 Å². The Morgan fingerprint density at radius 3 is 2.48 bits per heavy atom. The Labute approximate surface area is 146 Å². The molecular formula is C14H11Cl3N2O4. The Morgan fingerprint density at radius 1 is 1.22 bits per heavy atom. The number of halogens is 3. The van der Waals surface area contributed by atoms with Gasteiger partial charge >= 0.3 is 5.97 Å². The molecule has 0 fully saturated rings. The third-order valence-corrected chi connectivity index (χ3v) is 3.05. The van der Waals surface area contributed by atoms with Crippen molar-refractivity contribution in [2.24, 2.45) is 0 Å². The largest absolute Gasteiger partial charge is 0.482 e. The fourth-order valence-corrected chi connectivity index (χ4v) is 1.69. The van der Waals surface area contributed by atoms with Gasteiger partial charge in [0.05, 0.1) is 7.11 Å². The molecular weight excluding hydrogens is 367 g/mol. The second-order valence-electron chi connectivity index (χ2n) is 4.21. The van der Waals surface area contributed by atoms with Crippen LogP contribution in [-0.4, -0.2) is 29.9 Å². The van der Waals surface area contributed by atoms with Gasteiger partial charge in [-0.05, 0) is 23.8 Å². The van der Waals surface area contributed by atoms with Crippen molar-refractivity contribution in [2.45, 2.75) is 3.79 Å². The van der Waals surface area contributed by atoms with E-state index in [4.69, 9.17) is 44.0 Å². The molecule has 0 atom stereocenters. The molecule has 0 aliphatic rings. The Morgan fingerprint density at radius 2 is 1.91 bits per heavy atom. The number of methoxy groups -OCH3 is 1. The van der Waals surface area contributed by atoms with Gasteiger partial charge in [-0.2, -0.15) is 0 Å². The van der Waals surface area contributed by atoms with Gasteiger partial charge in [-0.25, -0.2) is 4.79 Å². The van der Waals surface area contributed by atoms with E-state index in [9.17, 15) is 4.79 Å². The number of aromatic nitrogens is 2. The summed E-state index contributed by atoms with van der Waals surface area (Å²) in [5.41, 5.74) is 0.851. The topological polar surface area (TPSA) is 74.5 Å². The summed E-state index contributed by atoms with van der Waals surface area (Å²) in [4.78, 5) is 11.0. The summed E-state index contributed by atoms with van der Waals surface area (Å²) in [6.07, 6.45) is 3.32. The van der Waals surface area contributed by atoms with Crippen molar-refractivity contribution in [1.29, 1.82) is 0 Å². The lowest BCUT2D eigenvalue weighted by Crippen LogP contribution is -2.12. The fraction of sp³-hybridized carbons (Fsp3) is 0.214. The molecule has 0 saturated carbocycles. The number of hydrogen-bond acceptors (Lipinski definition) is 6. The van der Waals surface area contributed by atoms with Gasteiger partial charge in [0, 0.05) is 6.08 Å². The zero-order chi connectivity index (χ0) is 16.9. The third kappa shape index (κ3) is 5.42. The first-order valence-corrected chi connectivity index (χ1v) is 7.40. The van der Waals surface area contributed by atoms with Gasteiger partial charge < -0.3 is 13.9 Å². The number of carbonyl (C=O) groups excluding carboxylic acids is 1. The molecule has 0 unspecified atom stereocenters. The van der Waals surface area contributed by atoms with Crippen LogP contribution in [0.25, 0.3) is 12.2 Å². The Hall–Kier alpha value is -1.76. The molecule has 0 bridgehead atoms. The zero-order valence-corrected chi connectivity index (χ0v) is 14.1. The minimum absolute atomic E-state index is 0.103. The van der Waals surface area contributed by atoms with Gasteiger partial charge in [-0.1, -0.05) is 46.9 Å². The van der Waals surface area contributed by atoms with Crippen LogP contribution in [0, 0.1) is 0 Å². The van der Waals surface area contributed by atoms with Crippen LogP contribution in [0.5, 0.6) is 5.75 Å². The lowest BCUT2D eigenvalue weighted by Gasteiger charge is -2.04. The molecule has 0 aliphatic carbocycles. The molecule has 1 aromatic heterocycles. The lowest BCUT2D eigenvalue weighted by molar-refractivity contribution is -0.142. The predicted octanol–water partition coefficient (Wildman–Crippen LogP) is 3.62. The van der Waals surface area contributed by atoms with E-state index >= 15 is 0 Å². The quantitative estimate of drug-likeness (QED) is 0.585. The molecule has 0 spiro atoms. The van der Waals surface area contributed by atoms with Crippen LogP contribution in [-0.2, 0) is 13.3 Å². The van der Waals surface area contributed by atoms with Crippen LogP contribution in [0.15, 0.2) is 28.7 Å². The first kappa shape index (κ1) is 17.6. The number of esters is 1. The summed E-state index contributed by atoms with van der Waals surface area (Å²) < 4.78 is 13.2. The van der Waals surface area contributed by atoms with Crippen LogP contribution < -0.4 is 4.74 Å². The Kier molecular flexibility index (Phi) is 5.87. The first-order valence-electron chi connectivity index (χ1n) is 6.27. The van der Waals surface area contributed by atoms with Gasteiger partial charge in [0.15, 0.2) is 6.61 Å². The summed E-state index contributed by atoms with van der Waals surface area (Å²) in [7, 11) is 1.30. The maximum absolute atomic E-state index is 11.0. The Balaban J connectivity index is 1.97. The number of ether oxygens (including phenoxy) is 2. The standard InChI is InChI=1S/C14H11Cl3N2O4/c1-21-12(20)8-22-10-5-2-9(3-6-10)4-7-11-18-19-13(23-11)14(15,16)17/h2-7H,8H2,1H3/b7-4+. The van der Waals surface area contributed by atoms with Gasteiger partial charge in [0.1, 0.15) is 5.75 Å². The highest BCUT2D eigenvalue weighted by molar-refractivity contribution is 6.66. The second-order valence-corrected chi connectivity index (χ2v) is 6.49. The first-order chi connectivity index (χ1) is 10.9. The smallest absolute Gasteiger partial charge is 0.343 e. The molecule has 2 aromatic rings. The van der Waals surface area contributed by atoms with E-state index in [2.05, 4.69) is 14.9 Å². The minimum atomic E-state index is -1.75. The Bertz CT molecular complexity index is 693. The molecule has 0 saturated heterocycles. The van der Waals surface area contributed by atoms with Gasteiger partial charge in [0.25, 0.3) is 9.68 Å². The lowest BCUT2D eigenvalue weighted by atomic mass is 10.2. The van der Waals surface area contributed by atoms with Crippen molar-refractivity contribution in [3.05, 3.63) is 41.6 Å². The number of nitrogens with zero attached hydrogens (tertiary/aromatic N) is 2. The van der Waals surface area contributed by atoms with E-state index in [0.29, 0.717) is 5.75 Å². The molecule has 1 aromatic carbocycles. The molecule has 2 rings (SSSR count). The molecule has 122 valence electrons. The maximum Gasteiger partial charge on any atom is 0.343 e. The van der Waals surface area contributed by atoms with E-state index in [1.807, 2.05) is 0 Å². The predicted molar refractivity (Wildman–Crippen MR) is 86.4 cm³/mol. The normalized spacial score (nSPS) is 11.7. The van der Waals surface area contributed by atoms with Crippen molar-refractivity contribution in [1.82, 2.24) is 10.2 Å². The molecule has 9 heteroatoms. The molecule has 0 aliphatic heterocycles. The number of benzene rings is 1. The minimum Gasteiger partial charge on any atom is -0.482 e. The second kappa shape index (κ2) is 7.68. The molecule has 23 heavy (non-hydrogen) atoms. The van der Waals surface area contributed by atoms with Crippen molar-refractivity contribution >= 4 is 52.9 Å². The van der Waals surface area contributed by atoms with E-state index < -0.39 is 9.76 Å². The number of carbonyl (C=O) groups is 1. The van der Waals surface area contributed by atoms with Crippen LogP contribution in [0.3, 0.4) is 0 Å². The third-order valence-electron chi connectivity index (χ3n) is 2.57. The van der Waals surface area contributed by atoms with Gasteiger partial charge in [-0.15, -0.1) is 10.2 Å². The van der Waals surface area contributed by atoms with Gasteiger partial charge in [-0.3, -0.25) is 0 Å². The molecule has 6 nitrogen and oxygen atoms in total. The summed E-state index contributed by atoms with van der Waals surface area (Å²) >= 11 is 16.9. The van der Waals surface area contributed by atoms with E-state index in [0.717, 1.165) is 5.56 Å². The van der Waals surface area contributed by atoms with Gasteiger partial charge in [0.2, 0.25) is 5.89 Å². The van der Waals surface area contributed by atoms with E-state index in [1.165, 1.54) is 7.11 Å². The zero-order valence-electron chi connectivity index (χ0n) is 11.8. The maximum atomic E-state index is 11.0. The average Bonchev–Trinajstić information content (AvgIpc) is 3.00. The van der Waals surface area contributed by atoms with Crippen LogP contribution in [0.4, 0.5) is 0 Å². The molecule has 0 N–H and O–H groups in total. The summed E-state index contributed by atoms with van der Waals surface area (Å²) in [6, 6.07) is 7.00. The number of rotatable bonds is 5. The summed E-state index contributed by atoms with van der Waals surface area (Å²) in [6.45, 7) is -0.145. The summed E-state index contributed by atoms with van der Waals surface area (Å²) in [5.74, 6) is 0.199. The average molecular weight is 378 g/mol. The number of hydrogen-bond donors (Lipinski definition) is 0. The molecule has 0 amide bonds. The number of alkyl halides is 3. The van der Waals surface area contributed by atoms with E-state index in [-0.39, 0.29) is 18.4 Å². The molecule has 1 heterocycles. The molecule has 0 radical (unpaired) electrons. The highest BCUT2D eigenvalue weighted by Crippen LogP contribution is 2.37. The van der Waals surface area contributed by atoms with Crippen molar-refractivity contribution in [3.8, 4) is 5.75 Å². The van der Waals surface area contributed by atoms with Crippen LogP contribution in [0.1, 0.15) is 17.3 Å². The highest BCUT2D eigenvalue weighted by atomic mass is 35.6. The SMILES string of the molecule is COC(=O)COc1ccc(/C=C/c2nnc(C(Cl)(Cl)Cl)o2)cc1. The highest BCUT2D eigenvalue weighted by Gasteiger charge is 2.29. The van der Waals surface area contributed by atoms with Crippen molar-refractivity contribution < 1.29 is 18.7 Å². The fourth-order valence-electron chi connectivity index (χ4n) is 1.46. The van der Waals surface area contributed by atoms with Crippen molar-refractivity contribution in [2.75, 3.05) is 13.7 Å². The van der Waals surface area contributed by atoms with Crippen molar-refractivity contribution in [3.63, 3.8) is 0 Å². The summed E-state index contributed by atoms with van der Waals surface area (Å²) in [5, 5.41) is 7.38.